The average molecular weight is 250 g/mol. The van der Waals surface area contributed by atoms with Crippen LogP contribution in [0.3, 0.4) is 0 Å². The minimum Gasteiger partial charge on any atom is -0.475 e. The number of Topliss-reactive ketones (excluding diaryl/α,β-unsaturated/α-hetero) is 1. The predicted octanol–water partition coefficient (Wildman–Crippen LogP) is 1.33. The lowest BCUT2D eigenvalue weighted by Crippen LogP contribution is -2.29. The number of aliphatic carboxylic acids is 1. The standard InChI is InChI=1S/C12H14N2O4/c1-12(2,3)11(18)14-8-4-5-13-6-7(8)9(15)10(16)17/h4-6H,1-3H3,(H,16,17)(H,13,14,18). The maximum Gasteiger partial charge on any atom is 0.377 e. The summed E-state index contributed by atoms with van der Waals surface area (Å²) in [6, 6.07) is 1.39. The van der Waals surface area contributed by atoms with Crippen LogP contribution in [0.4, 0.5) is 5.69 Å². The molecule has 2 N–H and O–H groups in total. The monoisotopic (exact) mass is 250 g/mol. The molecule has 1 rings (SSSR count). The quantitative estimate of drug-likeness (QED) is 0.623. The first-order valence-corrected chi connectivity index (χ1v) is 5.26. The van der Waals surface area contributed by atoms with Gasteiger partial charge < -0.3 is 10.4 Å². The van der Waals surface area contributed by atoms with E-state index < -0.39 is 17.2 Å². The number of carboxylic acid groups (broad SMARTS) is 1. The molecule has 1 heterocycles. The maximum absolute atomic E-state index is 11.8. The number of amides is 1. The number of nitrogens with zero attached hydrogens (tertiary/aromatic N) is 1. The third-order valence-corrected chi connectivity index (χ3v) is 2.19. The van der Waals surface area contributed by atoms with Crippen molar-refractivity contribution in [2.45, 2.75) is 20.8 Å². The number of ketones is 1. The Hall–Kier alpha value is -2.24. The van der Waals surface area contributed by atoms with Crippen molar-refractivity contribution in [2.75, 3.05) is 5.32 Å². The Morgan fingerprint density at radius 2 is 1.89 bits per heavy atom. The molecule has 0 aliphatic carbocycles. The largest absolute Gasteiger partial charge is 0.475 e. The van der Waals surface area contributed by atoms with Gasteiger partial charge in [-0.3, -0.25) is 14.6 Å². The molecule has 0 atom stereocenters. The molecule has 0 fully saturated rings. The fraction of sp³-hybridized carbons (Fsp3) is 0.333. The molecule has 0 bridgehead atoms. The fourth-order valence-corrected chi connectivity index (χ4v) is 1.11. The van der Waals surface area contributed by atoms with Gasteiger partial charge in [-0.1, -0.05) is 20.8 Å². The molecule has 6 heteroatoms. The lowest BCUT2D eigenvalue weighted by Gasteiger charge is -2.18. The number of carbonyl (C=O) groups is 3. The highest BCUT2D eigenvalue weighted by Crippen LogP contribution is 2.20. The Labute approximate surface area is 104 Å². The first-order valence-electron chi connectivity index (χ1n) is 5.26. The summed E-state index contributed by atoms with van der Waals surface area (Å²) in [6.07, 6.45) is 2.49. The van der Waals surface area contributed by atoms with E-state index in [9.17, 15) is 14.4 Å². The second-order valence-corrected chi connectivity index (χ2v) is 4.76. The minimum atomic E-state index is -1.59. The van der Waals surface area contributed by atoms with Crippen molar-refractivity contribution in [1.29, 1.82) is 0 Å². The van der Waals surface area contributed by atoms with E-state index in [-0.39, 0.29) is 17.2 Å². The number of carboxylic acids is 1. The van der Waals surface area contributed by atoms with Crippen LogP contribution in [0.15, 0.2) is 18.5 Å². The maximum atomic E-state index is 11.8. The number of aromatic nitrogens is 1. The first kappa shape index (κ1) is 13.8. The van der Waals surface area contributed by atoms with Gasteiger partial charge in [0.1, 0.15) is 0 Å². The number of carbonyl (C=O) groups excluding carboxylic acids is 2. The third-order valence-electron chi connectivity index (χ3n) is 2.19. The highest BCUT2D eigenvalue weighted by molar-refractivity contribution is 6.41. The first-order chi connectivity index (χ1) is 8.23. The van der Waals surface area contributed by atoms with Gasteiger partial charge >= 0.3 is 5.97 Å². The molecule has 0 aliphatic rings. The molecular formula is C12H14N2O4. The van der Waals surface area contributed by atoms with Gasteiger partial charge in [-0.25, -0.2) is 4.79 Å². The summed E-state index contributed by atoms with van der Waals surface area (Å²) in [5.74, 6) is -3.00. The van der Waals surface area contributed by atoms with E-state index in [4.69, 9.17) is 5.11 Å². The molecule has 96 valence electrons. The highest BCUT2D eigenvalue weighted by atomic mass is 16.4. The van der Waals surface area contributed by atoms with E-state index in [1.165, 1.54) is 12.3 Å². The molecule has 0 aliphatic heterocycles. The molecule has 6 nitrogen and oxygen atoms in total. The molecular weight excluding hydrogens is 236 g/mol. The van der Waals surface area contributed by atoms with Crippen LogP contribution in [0.1, 0.15) is 31.1 Å². The summed E-state index contributed by atoms with van der Waals surface area (Å²) >= 11 is 0. The minimum absolute atomic E-state index is 0.136. The topological polar surface area (TPSA) is 96.4 Å². The molecule has 0 aromatic carbocycles. The van der Waals surface area contributed by atoms with Crippen molar-refractivity contribution in [3.8, 4) is 0 Å². The molecule has 1 aromatic rings. The summed E-state index contributed by atoms with van der Waals surface area (Å²) in [5.41, 5.74) is -0.632. The van der Waals surface area contributed by atoms with Crippen LogP contribution in [0.5, 0.6) is 0 Å². The Bertz CT molecular complexity index is 503. The molecule has 0 spiro atoms. The smallest absolute Gasteiger partial charge is 0.377 e. The van der Waals surface area contributed by atoms with Crippen molar-refractivity contribution >= 4 is 23.3 Å². The van der Waals surface area contributed by atoms with E-state index >= 15 is 0 Å². The SMILES string of the molecule is CC(C)(C)C(=O)Nc1ccncc1C(=O)C(=O)O. The molecule has 1 aromatic heterocycles. The molecule has 0 unspecified atom stereocenters. The number of rotatable bonds is 3. The lowest BCUT2D eigenvalue weighted by atomic mass is 9.95. The van der Waals surface area contributed by atoms with Gasteiger partial charge in [0.15, 0.2) is 0 Å². The molecule has 0 radical (unpaired) electrons. The number of hydrogen-bond acceptors (Lipinski definition) is 4. The van der Waals surface area contributed by atoms with E-state index in [0.29, 0.717) is 0 Å². The van der Waals surface area contributed by atoms with E-state index in [0.717, 1.165) is 6.20 Å². The van der Waals surface area contributed by atoms with Crippen molar-refractivity contribution in [2.24, 2.45) is 5.41 Å². The zero-order chi connectivity index (χ0) is 13.9. The Morgan fingerprint density at radius 3 is 2.39 bits per heavy atom. The van der Waals surface area contributed by atoms with Crippen LogP contribution in [0, 0.1) is 5.41 Å². The summed E-state index contributed by atoms with van der Waals surface area (Å²) in [6.45, 7) is 5.13. The Morgan fingerprint density at radius 1 is 1.28 bits per heavy atom. The van der Waals surface area contributed by atoms with Crippen LogP contribution < -0.4 is 5.32 Å². The van der Waals surface area contributed by atoms with Crippen LogP contribution in [-0.2, 0) is 9.59 Å². The zero-order valence-electron chi connectivity index (χ0n) is 10.4. The molecule has 0 saturated carbocycles. The number of anilines is 1. The van der Waals surface area contributed by atoms with E-state index in [1.807, 2.05) is 0 Å². The Balaban J connectivity index is 3.08. The van der Waals surface area contributed by atoms with E-state index in [2.05, 4.69) is 10.3 Å². The van der Waals surface area contributed by atoms with Crippen molar-refractivity contribution < 1.29 is 19.5 Å². The normalized spacial score (nSPS) is 10.8. The van der Waals surface area contributed by atoms with Gasteiger partial charge in [0, 0.05) is 17.8 Å². The van der Waals surface area contributed by atoms with Crippen molar-refractivity contribution in [3.05, 3.63) is 24.0 Å². The molecule has 0 saturated heterocycles. The van der Waals surface area contributed by atoms with Crippen LogP contribution >= 0.6 is 0 Å². The van der Waals surface area contributed by atoms with Gasteiger partial charge in [-0.15, -0.1) is 0 Å². The molecule has 1 amide bonds. The Kier molecular flexibility index (Phi) is 3.80. The second-order valence-electron chi connectivity index (χ2n) is 4.76. The average Bonchev–Trinajstić information content (AvgIpc) is 2.27. The number of hydrogen-bond donors (Lipinski definition) is 2. The number of pyridine rings is 1. The summed E-state index contributed by atoms with van der Waals surface area (Å²) in [4.78, 5) is 37.5. The summed E-state index contributed by atoms with van der Waals surface area (Å²) in [5, 5.41) is 11.2. The number of nitrogens with one attached hydrogen (secondary N) is 1. The third kappa shape index (κ3) is 3.13. The van der Waals surface area contributed by atoms with Gasteiger partial charge in [0.2, 0.25) is 5.91 Å². The van der Waals surface area contributed by atoms with Gasteiger partial charge in [-0.2, -0.15) is 0 Å². The van der Waals surface area contributed by atoms with Gasteiger partial charge in [-0.05, 0) is 6.07 Å². The van der Waals surface area contributed by atoms with Crippen LogP contribution in [0.2, 0.25) is 0 Å². The highest BCUT2D eigenvalue weighted by Gasteiger charge is 2.24. The predicted molar refractivity (Wildman–Crippen MR) is 64.3 cm³/mol. The van der Waals surface area contributed by atoms with Crippen molar-refractivity contribution in [3.63, 3.8) is 0 Å². The molecule has 18 heavy (non-hydrogen) atoms. The van der Waals surface area contributed by atoms with Gasteiger partial charge in [0.05, 0.1) is 11.3 Å². The fourth-order valence-electron chi connectivity index (χ4n) is 1.11. The zero-order valence-corrected chi connectivity index (χ0v) is 10.4. The van der Waals surface area contributed by atoms with Crippen molar-refractivity contribution in [1.82, 2.24) is 4.98 Å². The van der Waals surface area contributed by atoms with E-state index in [1.54, 1.807) is 20.8 Å². The summed E-state index contributed by atoms with van der Waals surface area (Å²) in [7, 11) is 0. The van der Waals surface area contributed by atoms with Crippen LogP contribution in [-0.4, -0.2) is 27.8 Å². The van der Waals surface area contributed by atoms with Crippen LogP contribution in [0.25, 0.3) is 0 Å². The summed E-state index contributed by atoms with van der Waals surface area (Å²) < 4.78 is 0. The lowest BCUT2D eigenvalue weighted by molar-refractivity contribution is -0.131. The van der Waals surface area contributed by atoms with Gasteiger partial charge in [0.25, 0.3) is 5.78 Å². The second kappa shape index (κ2) is 4.95.